The number of phenolic OH excluding ortho intramolecular Hbond substituents is 1. The molecule has 3 atom stereocenters. The number of methoxy groups -OCH3 is 2. The molecule has 0 spiro atoms. The topological polar surface area (TPSA) is 79.3 Å². The summed E-state index contributed by atoms with van der Waals surface area (Å²) in [7, 11) is 5.41. The van der Waals surface area contributed by atoms with Crippen LogP contribution in [0.15, 0.2) is 47.1 Å². The molecule has 1 heterocycles. The molecule has 0 aromatic heterocycles. The van der Waals surface area contributed by atoms with Crippen LogP contribution in [0.1, 0.15) is 73.9 Å². The average Bonchev–Trinajstić information content (AvgIpc) is 3.02. The number of rotatable bonds is 12. The zero-order valence-electron chi connectivity index (χ0n) is 25.6. The van der Waals surface area contributed by atoms with Crippen molar-refractivity contribution >= 4 is 28.5 Å². The Kier molecular flexibility index (Phi) is 13.5. The van der Waals surface area contributed by atoms with Crippen LogP contribution in [0.3, 0.4) is 0 Å². The van der Waals surface area contributed by atoms with Gasteiger partial charge in [0.2, 0.25) is 0 Å². The summed E-state index contributed by atoms with van der Waals surface area (Å²) in [6, 6.07) is 9.86. The number of benzene rings is 2. The van der Waals surface area contributed by atoms with Crippen LogP contribution in [0.4, 0.5) is 0 Å². The minimum absolute atomic E-state index is 0.0229. The second-order valence-corrected chi connectivity index (χ2v) is 12.0. The van der Waals surface area contributed by atoms with E-state index >= 15 is 0 Å². The van der Waals surface area contributed by atoms with E-state index in [1.807, 2.05) is 13.1 Å². The van der Waals surface area contributed by atoms with E-state index in [1.165, 1.54) is 5.56 Å². The standard InChI is InChI=1S/C23H31BrN2O3.C11H16O2/c1-16(18-8-4-3-7-17(18)15-28)26-13-11-19-20(24)9-10-21(29)22(19)23(26)25(2)12-5-6-14-27;1-4-9-5-6-10(8-12-2)11(7-9)13-3/h9-10,14-15,17-18,23,29H,1,3-8,11-13H2,2H3;5-7H,4,8H2,1-3H3. The van der Waals surface area contributed by atoms with Gasteiger partial charge in [-0.15, -0.1) is 0 Å². The molecule has 2 aromatic carbocycles. The Hall–Kier alpha value is -2.68. The lowest BCUT2D eigenvalue weighted by molar-refractivity contribution is -0.113. The minimum atomic E-state index is -0.162. The summed E-state index contributed by atoms with van der Waals surface area (Å²) < 4.78 is 11.3. The number of hydrogen-bond donors (Lipinski definition) is 1. The molecule has 0 amide bonds. The molecule has 2 aliphatic rings. The van der Waals surface area contributed by atoms with E-state index in [4.69, 9.17) is 9.47 Å². The number of phenols is 1. The van der Waals surface area contributed by atoms with Crippen molar-refractivity contribution in [1.29, 1.82) is 0 Å². The third-order valence-corrected chi connectivity index (χ3v) is 9.28. The van der Waals surface area contributed by atoms with Gasteiger partial charge >= 0.3 is 0 Å². The number of aryl methyl sites for hydroxylation is 1. The van der Waals surface area contributed by atoms with Gasteiger partial charge in [0, 0.05) is 59.8 Å². The number of hydrogen-bond acceptors (Lipinski definition) is 7. The third kappa shape index (κ3) is 8.23. The van der Waals surface area contributed by atoms with E-state index in [9.17, 15) is 14.7 Å². The summed E-state index contributed by atoms with van der Waals surface area (Å²) in [4.78, 5) is 27.0. The smallest absolute Gasteiger partial charge is 0.124 e. The number of fused-ring (bicyclic) bond motifs is 1. The normalized spacial score (nSPS) is 19.9. The van der Waals surface area contributed by atoms with Gasteiger partial charge in [0.05, 0.1) is 13.7 Å². The van der Waals surface area contributed by atoms with Crippen molar-refractivity contribution in [3.8, 4) is 11.5 Å². The first-order valence-corrected chi connectivity index (χ1v) is 15.8. The fourth-order valence-corrected chi connectivity index (χ4v) is 6.76. The van der Waals surface area contributed by atoms with Gasteiger partial charge in [0.1, 0.15) is 30.2 Å². The van der Waals surface area contributed by atoms with Gasteiger partial charge in [-0.25, -0.2) is 0 Å². The fraction of sp³-hybridized carbons (Fsp3) is 0.529. The van der Waals surface area contributed by atoms with Gasteiger partial charge in [-0.3, -0.25) is 4.90 Å². The van der Waals surface area contributed by atoms with Crippen LogP contribution in [0.5, 0.6) is 11.5 Å². The van der Waals surface area contributed by atoms with Crippen molar-refractivity contribution in [2.24, 2.45) is 11.8 Å². The predicted octanol–water partition coefficient (Wildman–Crippen LogP) is 6.85. The van der Waals surface area contributed by atoms with Crippen molar-refractivity contribution in [3.05, 3.63) is 69.3 Å². The Balaban J connectivity index is 0.000000312. The molecule has 0 radical (unpaired) electrons. The Morgan fingerprint density at radius 3 is 2.62 bits per heavy atom. The summed E-state index contributed by atoms with van der Waals surface area (Å²) >= 11 is 3.65. The highest BCUT2D eigenvalue weighted by Gasteiger charge is 2.38. The number of aromatic hydroxyl groups is 1. The number of aldehydes is 2. The second-order valence-electron chi connectivity index (χ2n) is 11.2. The molecular formula is C34H47BrN2O5. The van der Waals surface area contributed by atoms with E-state index < -0.39 is 0 Å². The summed E-state index contributed by atoms with van der Waals surface area (Å²) in [5, 5.41) is 10.8. The maximum Gasteiger partial charge on any atom is 0.124 e. The molecule has 1 N–H and O–H groups in total. The van der Waals surface area contributed by atoms with E-state index in [0.29, 0.717) is 13.0 Å². The zero-order chi connectivity index (χ0) is 30.6. The maximum atomic E-state index is 11.7. The van der Waals surface area contributed by atoms with Crippen molar-refractivity contribution in [2.45, 2.75) is 71.1 Å². The van der Waals surface area contributed by atoms with Crippen LogP contribution in [-0.2, 0) is 33.8 Å². The molecule has 0 bridgehead atoms. The zero-order valence-corrected chi connectivity index (χ0v) is 27.2. The molecule has 1 saturated carbocycles. The maximum absolute atomic E-state index is 11.7. The summed E-state index contributed by atoms with van der Waals surface area (Å²) in [6.45, 7) is 8.71. The molecule has 230 valence electrons. The van der Waals surface area contributed by atoms with Crippen molar-refractivity contribution in [1.82, 2.24) is 9.80 Å². The average molecular weight is 644 g/mol. The molecule has 1 aliphatic heterocycles. The Labute approximate surface area is 260 Å². The van der Waals surface area contributed by atoms with E-state index in [0.717, 1.165) is 103 Å². The molecular weight excluding hydrogens is 596 g/mol. The fourth-order valence-electron chi connectivity index (χ4n) is 6.22. The predicted molar refractivity (Wildman–Crippen MR) is 171 cm³/mol. The first-order chi connectivity index (χ1) is 20.3. The van der Waals surface area contributed by atoms with Crippen LogP contribution < -0.4 is 4.74 Å². The second kappa shape index (κ2) is 16.8. The summed E-state index contributed by atoms with van der Waals surface area (Å²) in [5.74, 6) is 1.38. The molecule has 2 aromatic rings. The van der Waals surface area contributed by atoms with Gasteiger partial charge < -0.3 is 29.1 Å². The van der Waals surface area contributed by atoms with Gasteiger partial charge in [0.15, 0.2) is 0 Å². The number of carbonyl (C=O) groups excluding carboxylic acids is 2. The number of allylic oxidation sites excluding steroid dienone is 1. The quantitative estimate of drug-likeness (QED) is 0.200. The molecule has 0 saturated heterocycles. The Morgan fingerprint density at radius 2 is 1.95 bits per heavy atom. The Morgan fingerprint density at radius 1 is 1.19 bits per heavy atom. The molecule has 42 heavy (non-hydrogen) atoms. The van der Waals surface area contributed by atoms with Crippen molar-refractivity contribution in [2.75, 3.05) is 34.4 Å². The highest BCUT2D eigenvalue weighted by atomic mass is 79.9. The van der Waals surface area contributed by atoms with Gasteiger partial charge in [-0.2, -0.15) is 0 Å². The molecule has 8 heteroatoms. The molecule has 1 fully saturated rings. The van der Waals surface area contributed by atoms with Crippen molar-refractivity contribution < 1.29 is 24.2 Å². The largest absolute Gasteiger partial charge is 0.508 e. The number of halogens is 1. The first-order valence-electron chi connectivity index (χ1n) is 15.0. The lowest BCUT2D eigenvalue weighted by Gasteiger charge is -2.47. The number of carbonyl (C=O) groups is 2. The highest BCUT2D eigenvalue weighted by molar-refractivity contribution is 9.10. The lowest BCUT2D eigenvalue weighted by atomic mass is 9.77. The monoisotopic (exact) mass is 642 g/mol. The molecule has 4 rings (SSSR count). The van der Waals surface area contributed by atoms with Gasteiger partial charge in [0.25, 0.3) is 0 Å². The van der Waals surface area contributed by atoms with Crippen molar-refractivity contribution in [3.63, 3.8) is 0 Å². The lowest BCUT2D eigenvalue weighted by Crippen LogP contribution is -2.46. The molecule has 3 unspecified atom stereocenters. The van der Waals surface area contributed by atoms with E-state index in [1.54, 1.807) is 20.3 Å². The van der Waals surface area contributed by atoms with E-state index in [2.05, 4.69) is 57.4 Å². The number of nitrogens with zero attached hydrogens (tertiary/aromatic N) is 2. The third-order valence-electron chi connectivity index (χ3n) is 8.53. The van der Waals surface area contributed by atoms with Gasteiger partial charge in [-0.1, -0.05) is 54.4 Å². The number of ether oxygens (including phenoxy) is 2. The summed E-state index contributed by atoms with van der Waals surface area (Å²) in [6.07, 6.45) is 9.13. The molecule has 1 aliphatic carbocycles. The van der Waals surface area contributed by atoms with Crippen LogP contribution in [0.25, 0.3) is 0 Å². The Bertz CT molecular complexity index is 1200. The summed E-state index contributed by atoms with van der Waals surface area (Å²) in [5.41, 5.74) is 5.41. The van der Waals surface area contributed by atoms with Crippen LogP contribution >= 0.6 is 15.9 Å². The minimum Gasteiger partial charge on any atom is -0.508 e. The van der Waals surface area contributed by atoms with E-state index in [-0.39, 0.29) is 23.8 Å². The molecule has 7 nitrogen and oxygen atoms in total. The van der Waals surface area contributed by atoms with Crippen LogP contribution in [0.2, 0.25) is 0 Å². The SMILES string of the molecule is C=C(C1CCCCC1C=O)N1CCc2c(Br)ccc(O)c2C1N(C)CCCC=O.CCc1ccc(COC)c(OC)c1. The van der Waals surface area contributed by atoms with Gasteiger partial charge in [-0.05, 0) is 68.5 Å². The first kappa shape index (κ1) is 33.8. The number of unbranched alkanes of at least 4 members (excludes halogenated alkanes) is 1. The van der Waals surface area contributed by atoms with Crippen LogP contribution in [0, 0.1) is 11.8 Å². The highest BCUT2D eigenvalue weighted by Crippen LogP contribution is 2.45. The van der Waals surface area contributed by atoms with Crippen LogP contribution in [-0.4, -0.2) is 61.8 Å².